The summed E-state index contributed by atoms with van der Waals surface area (Å²) in [5.74, 6) is 2.81. The van der Waals surface area contributed by atoms with Crippen LogP contribution >= 0.6 is 0 Å². The van der Waals surface area contributed by atoms with Crippen LogP contribution in [0, 0.1) is 12.8 Å². The molecule has 96 valence electrons. The summed E-state index contributed by atoms with van der Waals surface area (Å²) in [6, 6.07) is 4.65. The summed E-state index contributed by atoms with van der Waals surface area (Å²) in [7, 11) is 2.21. The zero-order valence-corrected chi connectivity index (χ0v) is 11.2. The van der Waals surface area contributed by atoms with Crippen molar-refractivity contribution < 1.29 is 4.42 Å². The number of aryl methyl sites for hydroxylation is 1. The van der Waals surface area contributed by atoms with Gasteiger partial charge in [-0.2, -0.15) is 0 Å². The smallest absolute Gasteiger partial charge is 0.121 e. The first-order valence-electron chi connectivity index (χ1n) is 6.69. The lowest BCUT2D eigenvalue weighted by Crippen LogP contribution is -2.40. The summed E-state index contributed by atoms with van der Waals surface area (Å²) >= 11 is 0. The van der Waals surface area contributed by atoms with Crippen LogP contribution in [0.15, 0.2) is 16.5 Å². The Hall–Kier alpha value is -0.800. The molecule has 1 aliphatic heterocycles. The second-order valence-corrected chi connectivity index (χ2v) is 5.08. The molecule has 2 atom stereocenters. The molecular weight excluding hydrogens is 212 g/mol. The molecule has 1 aromatic heterocycles. The van der Waals surface area contributed by atoms with Gasteiger partial charge in [-0.15, -0.1) is 0 Å². The van der Waals surface area contributed by atoms with Crippen LogP contribution in [0.2, 0.25) is 0 Å². The molecule has 0 saturated carbocycles. The Morgan fingerprint density at radius 2 is 2.29 bits per heavy atom. The van der Waals surface area contributed by atoms with Crippen LogP contribution in [-0.4, -0.2) is 31.6 Å². The zero-order valence-electron chi connectivity index (χ0n) is 11.2. The molecule has 0 bridgehead atoms. The van der Waals surface area contributed by atoms with Gasteiger partial charge in [0.05, 0.1) is 6.04 Å². The summed E-state index contributed by atoms with van der Waals surface area (Å²) < 4.78 is 5.83. The third-order valence-electron chi connectivity index (χ3n) is 3.72. The molecule has 0 aliphatic carbocycles. The molecule has 1 N–H and O–H groups in total. The lowest BCUT2D eigenvalue weighted by atomic mass is 9.88. The third kappa shape index (κ3) is 2.90. The number of rotatable bonds is 4. The Kier molecular flexibility index (Phi) is 4.24. The largest absolute Gasteiger partial charge is 0.465 e. The summed E-state index contributed by atoms with van der Waals surface area (Å²) in [5, 5.41) is 3.48. The van der Waals surface area contributed by atoms with Crippen LogP contribution in [0.5, 0.6) is 0 Å². The number of furan rings is 1. The highest BCUT2D eigenvalue weighted by Gasteiger charge is 2.32. The SMILES string of the molecule is CCNCC1CCCN(C)C1c1ccc(C)o1. The van der Waals surface area contributed by atoms with Crippen molar-refractivity contribution in [3.63, 3.8) is 0 Å². The van der Waals surface area contributed by atoms with Crippen molar-refractivity contribution in [2.45, 2.75) is 32.7 Å². The van der Waals surface area contributed by atoms with E-state index in [1.807, 2.05) is 6.92 Å². The maximum absolute atomic E-state index is 5.83. The van der Waals surface area contributed by atoms with Crippen molar-refractivity contribution in [3.8, 4) is 0 Å². The van der Waals surface area contributed by atoms with Crippen LogP contribution in [0.4, 0.5) is 0 Å². The van der Waals surface area contributed by atoms with Gasteiger partial charge in [0.15, 0.2) is 0 Å². The fraction of sp³-hybridized carbons (Fsp3) is 0.714. The summed E-state index contributed by atoms with van der Waals surface area (Å²) in [5.41, 5.74) is 0. The normalized spacial score (nSPS) is 26.3. The van der Waals surface area contributed by atoms with Crippen molar-refractivity contribution in [3.05, 3.63) is 23.7 Å². The fourth-order valence-electron chi connectivity index (χ4n) is 2.87. The van der Waals surface area contributed by atoms with E-state index in [4.69, 9.17) is 4.42 Å². The fourth-order valence-corrected chi connectivity index (χ4v) is 2.87. The molecule has 3 heteroatoms. The van der Waals surface area contributed by atoms with Crippen molar-refractivity contribution in [1.82, 2.24) is 10.2 Å². The highest BCUT2D eigenvalue weighted by Crippen LogP contribution is 2.35. The molecule has 1 saturated heterocycles. The second kappa shape index (κ2) is 5.69. The average molecular weight is 236 g/mol. The lowest BCUT2D eigenvalue weighted by Gasteiger charge is -2.38. The summed E-state index contributed by atoms with van der Waals surface area (Å²) in [6.45, 7) is 7.49. The molecule has 2 heterocycles. The maximum atomic E-state index is 5.83. The van der Waals surface area contributed by atoms with Gasteiger partial charge in [-0.1, -0.05) is 6.92 Å². The molecule has 17 heavy (non-hydrogen) atoms. The molecule has 2 rings (SSSR count). The quantitative estimate of drug-likeness (QED) is 0.871. The molecule has 1 aromatic rings. The third-order valence-corrected chi connectivity index (χ3v) is 3.72. The summed E-state index contributed by atoms with van der Waals surface area (Å²) in [6.07, 6.45) is 2.59. The van der Waals surface area contributed by atoms with Gasteiger partial charge >= 0.3 is 0 Å². The Morgan fingerprint density at radius 3 is 2.94 bits per heavy atom. The van der Waals surface area contributed by atoms with Crippen LogP contribution in [-0.2, 0) is 0 Å². The van der Waals surface area contributed by atoms with Gasteiger partial charge in [0, 0.05) is 0 Å². The van der Waals surface area contributed by atoms with Crippen molar-refractivity contribution in [2.75, 3.05) is 26.7 Å². The minimum atomic E-state index is 0.441. The molecule has 0 aromatic carbocycles. The summed E-state index contributed by atoms with van der Waals surface area (Å²) in [4.78, 5) is 2.43. The van der Waals surface area contributed by atoms with E-state index < -0.39 is 0 Å². The molecule has 0 spiro atoms. The molecule has 0 radical (unpaired) electrons. The van der Waals surface area contributed by atoms with Crippen molar-refractivity contribution >= 4 is 0 Å². The molecular formula is C14H24N2O. The minimum Gasteiger partial charge on any atom is -0.465 e. The standard InChI is InChI=1S/C14H24N2O/c1-4-15-10-12-6-5-9-16(3)14(12)13-8-7-11(2)17-13/h7-8,12,14-15H,4-6,9-10H2,1-3H3. The topological polar surface area (TPSA) is 28.4 Å². The number of hydrogen-bond acceptors (Lipinski definition) is 3. The van der Waals surface area contributed by atoms with Crippen LogP contribution < -0.4 is 5.32 Å². The molecule has 1 fully saturated rings. The highest BCUT2D eigenvalue weighted by molar-refractivity contribution is 5.12. The lowest BCUT2D eigenvalue weighted by molar-refractivity contribution is 0.101. The van der Waals surface area contributed by atoms with E-state index in [1.54, 1.807) is 0 Å². The van der Waals surface area contributed by atoms with Gasteiger partial charge in [0.1, 0.15) is 11.5 Å². The second-order valence-electron chi connectivity index (χ2n) is 5.08. The molecule has 0 amide bonds. The van der Waals surface area contributed by atoms with Crippen LogP contribution in [0.3, 0.4) is 0 Å². The van der Waals surface area contributed by atoms with Crippen LogP contribution in [0.25, 0.3) is 0 Å². The highest BCUT2D eigenvalue weighted by atomic mass is 16.3. The number of piperidine rings is 1. The van der Waals surface area contributed by atoms with Gasteiger partial charge in [0.2, 0.25) is 0 Å². The predicted molar refractivity (Wildman–Crippen MR) is 70.1 cm³/mol. The van der Waals surface area contributed by atoms with Gasteiger partial charge < -0.3 is 9.73 Å². The first kappa shape index (κ1) is 12.7. The Bertz CT molecular complexity index is 348. The number of hydrogen-bond donors (Lipinski definition) is 1. The van der Waals surface area contributed by atoms with E-state index in [0.29, 0.717) is 12.0 Å². The van der Waals surface area contributed by atoms with E-state index >= 15 is 0 Å². The van der Waals surface area contributed by atoms with Gasteiger partial charge in [-0.3, -0.25) is 4.90 Å². The first-order chi connectivity index (χ1) is 8.22. The average Bonchev–Trinajstić information content (AvgIpc) is 2.73. The zero-order chi connectivity index (χ0) is 12.3. The van der Waals surface area contributed by atoms with Crippen molar-refractivity contribution in [2.24, 2.45) is 5.92 Å². The van der Waals surface area contributed by atoms with Crippen LogP contribution in [0.1, 0.15) is 37.3 Å². The van der Waals surface area contributed by atoms with E-state index in [-0.39, 0.29) is 0 Å². The number of nitrogens with zero attached hydrogens (tertiary/aromatic N) is 1. The molecule has 2 unspecified atom stereocenters. The predicted octanol–water partition coefficient (Wildman–Crippen LogP) is 2.58. The Balaban J connectivity index is 2.12. The minimum absolute atomic E-state index is 0.441. The van der Waals surface area contributed by atoms with Gasteiger partial charge in [-0.25, -0.2) is 0 Å². The van der Waals surface area contributed by atoms with E-state index in [2.05, 4.69) is 36.3 Å². The van der Waals surface area contributed by atoms with Crippen molar-refractivity contribution in [1.29, 1.82) is 0 Å². The van der Waals surface area contributed by atoms with Gasteiger partial charge in [0.25, 0.3) is 0 Å². The maximum Gasteiger partial charge on any atom is 0.121 e. The van der Waals surface area contributed by atoms with Gasteiger partial charge in [-0.05, 0) is 64.5 Å². The monoisotopic (exact) mass is 236 g/mol. The number of nitrogens with one attached hydrogen (secondary N) is 1. The Morgan fingerprint density at radius 1 is 1.47 bits per heavy atom. The van der Waals surface area contributed by atoms with E-state index in [1.165, 1.54) is 19.4 Å². The molecule has 3 nitrogen and oxygen atoms in total. The number of likely N-dealkylation sites (tertiary alicyclic amines) is 1. The molecule has 1 aliphatic rings. The van der Waals surface area contributed by atoms with E-state index in [0.717, 1.165) is 24.6 Å². The van der Waals surface area contributed by atoms with E-state index in [9.17, 15) is 0 Å². The Labute approximate surface area is 104 Å². The first-order valence-corrected chi connectivity index (χ1v) is 6.69.